The van der Waals surface area contributed by atoms with Crippen molar-refractivity contribution in [3.05, 3.63) is 35.9 Å². The number of aliphatic imine (C=N–C) groups is 1. The molecular weight excluding hydrogens is 364 g/mol. The molecule has 1 aliphatic carbocycles. The highest BCUT2D eigenvalue weighted by atomic mass is 32.2. The van der Waals surface area contributed by atoms with Crippen molar-refractivity contribution in [2.45, 2.75) is 25.2 Å². The Balaban J connectivity index is 1.54. The molecule has 2 fully saturated rings. The van der Waals surface area contributed by atoms with Gasteiger partial charge in [0.1, 0.15) is 0 Å². The first-order valence-corrected chi connectivity index (χ1v) is 11.3. The fourth-order valence-corrected chi connectivity index (χ4v) is 4.63. The zero-order valence-corrected chi connectivity index (χ0v) is 16.8. The van der Waals surface area contributed by atoms with Crippen LogP contribution in [0, 0.1) is 0 Å². The summed E-state index contributed by atoms with van der Waals surface area (Å²) in [5, 5.41) is 6.38. The van der Waals surface area contributed by atoms with Crippen molar-refractivity contribution < 1.29 is 13.2 Å². The van der Waals surface area contributed by atoms with Crippen LogP contribution in [0.5, 0.6) is 0 Å². The normalized spacial score (nSPS) is 20.3. The van der Waals surface area contributed by atoms with Crippen molar-refractivity contribution in [2.24, 2.45) is 4.99 Å². The molecule has 1 saturated carbocycles. The standard InChI is InChI=1S/C19H30N4O3S/c1-2-20-18(21-10-15-27(24,25)23-11-13-26-14-12-23)22-16-19(8-9-19)17-6-4-3-5-7-17/h3-7H,2,8-16H2,1H3,(H2,20,21,22). The van der Waals surface area contributed by atoms with Gasteiger partial charge in [-0.3, -0.25) is 4.99 Å². The average molecular weight is 395 g/mol. The lowest BCUT2D eigenvalue weighted by Gasteiger charge is -2.26. The number of hydrogen-bond acceptors (Lipinski definition) is 4. The minimum absolute atomic E-state index is 0.0568. The van der Waals surface area contributed by atoms with Gasteiger partial charge < -0.3 is 15.4 Å². The second-order valence-electron chi connectivity index (χ2n) is 7.10. The molecule has 0 amide bonds. The van der Waals surface area contributed by atoms with Crippen LogP contribution in [0.3, 0.4) is 0 Å². The molecule has 7 nitrogen and oxygen atoms in total. The first-order valence-electron chi connectivity index (χ1n) is 9.69. The first kappa shape index (κ1) is 20.1. The molecule has 1 aliphatic heterocycles. The molecule has 0 bridgehead atoms. The van der Waals surface area contributed by atoms with Gasteiger partial charge in [-0.15, -0.1) is 0 Å². The highest BCUT2D eigenvalue weighted by Gasteiger charge is 2.44. The molecule has 0 atom stereocenters. The van der Waals surface area contributed by atoms with Gasteiger partial charge in [0.15, 0.2) is 5.96 Å². The molecule has 0 unspecified atom stereocenters. The Labute approximate surface area is 162 Å². The Morgan fingerprint density at radius 1 is 1.19 bits per heavy atom. The van der Waals surface area contributed by atoms with Gasteiger partial charge in [-0.1, -0.05) is 30.3 Å². The molecule has 1 aromatic rings. The fourth-order valence-electron chi connectivity index (χ4n) is 3.31. The van der Waals surface area contributed by atoms with Crippen LogP contribution in [0.25, 0.3) is 0 Å². The van der Waals surface area contributed by atoms with Crippen LogP contribution >= 0.6 is 0 Å². The van der Waals surface area contributed by atoms with Crippen LogP contribution in [-0.4, -0.2) is 70.4 Å². The SMILES string of the molecule is CCNC(=NCC1(c2ccccc2)CC1)NCCS(=O)(=O)N1CCOCC1. The smallest absolute Gasteiger partial charge is 0.215 e. The van der Waals surface area contributed by atoms with E-state index in [9.17, 15) is 8.42 Å². The summed E-state index contributed by atoms with van der Waals surface area (Å²) >= 11 is 0. The molecule has 3 rings (SSSR count). The van der Waals surface area contributed by atoms with E-state index in [1.807, 2.05) is 13.0 Å². The third-order valence-electron chi connectivity index (χ3n) is 5.14. The van der Waals surface area contributed by atoms with E-state index < -0.39 is 10.0 Å². The number of sulfonamides is 1. The van der Waals surface area contributed by atoms with Crippen LogP contribution in [0.2, 0.25) is 0 Å². The number of ether oxygens (including phenoxy) is 1. The topological polar surface area (TPSA) is 83.0 Å². The van der Waals surface area contributed by atoms with E-state index in [-0.39, 0.29) is 11.2 Å². The van der Waals surface area contributed by atoms with E-state index in [0.29, 0.717) is 45.4 Å². The molecule has 0 spiro atoms. The summed E-state index contributed by atoms with van der Waals surface area (Å²) < 4.78 is 31.5. The highest BCUT2D eigenvalue weighted by molar-refractivity contribution is 7.89. The summed E-state index contributed by atoms with van der Waals surface area (Å²) in [6, 6.07) is 10.5. The van der Waals surface area contributed by atoms with E-state index in [0.717, 1.165) is 19.4 Å². The van der Waals surface area contributed by atoms with Crippen LogP contribution in [0.1, 0.15) is 25.3 Å². The maximum atomic E-state index is 12.4. The summed E-state index contributed by atoms with van der Waals surface area (Å²) in [6.45, 7) is 5.61. The van der Waals surface area contributed by atoms with Crippen LogP contribution in [0.4, 0.5) is 0 Å². The highest BCUT2D eigenvalue weighted by Crippen LogP contribution is 2.48. The molecule has 1 heterocycles. The predicted molar refractivity (Wildman–Crippen MR) is 108 cm³/mol. The minimum Gasteiger partial charge on any atom is -0.379 e. The lowest BCUT2D eigenvalue weighted by molar-refractivity contribution is 0.0730. The zero-order chi connectivity index (χ0) is 19.2. The molecule has 1 aromatic carbocycles. The molecule has 27 heavy (non-hydrogen) atoms. The summed E-state index contributed by atoms with van der Waals surface area (Å²) in [4.78, 5) is 4.72. The van der Waals surface area contributed by atoms with Crippen molar-refractivity contribution in [2.75, 3.05) is 51.7 Å². The van der Waals surface area contributed by atoms with E-state index >= 15 is 0 Å². The fraction of sp³-hybridized carbons (Fsp3) is 0.632. The summed E-state index contributed by atoms with van der Waals surface area (Å²) in [6.07, 6.45) is 2.29. The number of benzene rings is 1. The second-order valence-corrected chi connectivity index (χ2v) is 9.18. The quantitative estimate of drug-likeness (QED) is 0.506. The van der Waals surface area contributed by atoms with E-state index in [1.165, 1.54) is 9.87 Å². The van der Waals surface area contributed by atoms with E-state index in [4.69, 9.17) is 9.73 Å². The Hall–Kier alpha value is -1.64. The molecule has 2 N–H and O–H groups in total. The third-order valence-corrected chi connectivity index (χ3v) is 7.01. The summed E-state index contributed by atoms with van der Waals surface area (Å²) in [5.74, 6) is 0.734. The van der Waals surface area contributed by atoms with Crippen LogP contribution in [0.15, 0.2) is 35.3 Å². The third kappa shape index (κ3) is 5.43. The lowest BCUT2D eigenvalue weighted by atomic mass is 9.96. The van der Waals surface area contributed by atoms with Crippen LogP contribution < -0.4 is 10.6 Å². The number of nitrogens with zero attached hydrogens (tertiary/aromatic N) is 2. The number of rotatable bonds is 8. The molecule has 0 radical (unpaired) electrons. The predicted octanol–water partition coefficient (Wildman–Crippen LogP) is 0.935. The van der Waals surface area contributed by atoms with Gasteiger partial charge >= 0.3 is 0 Å². The van der Waals surface area contributed by atoms with Crippen molar-refractivity contribution >= 4 is 16.0 Å². The van der Waals surface area contributed by atoms with Gasteiger partial charge in [0.25, 0.3) is 0 Å². The van der Waals surface area contributed by atoms with Gasteiger partial charge in [0.2, 0.25) is 10.0 Å². The van der Waals surface area contributed by atoms with Gasteiger partial charge in [-0.2, -0.15) is 4.31 Å². The number of hydrogen-bond donors (Lipinski definition) is 2. The number of guanidine groups is 1. The maximum Gasteiger partial charge on any atom is 0.215 e. The summed E-state index contributed by atoms with van der Waals surface area (Å²) in [7, 11) is -3.26. The Kier molecular flexibility index (Phi) is 6.73. The minimum atomic E-state index is -3.26. The number of nitrogens with one attached hydrogen (secondary N) is 2. The Morgan fingerprint density at radius 2 is 1.89 bits per heavy atom. The zero-order valence-electron chi connectivity index (χ0n) is 16.0. The van der Waals surface area contributed by atoms with Crippen molar-refractivity contribution in [3.8, 4) is 0 Å². The molecule has 0 aromatic heterocycles. The molecule has 2 aliphatic rings. The van der Waals surface area contributed by atoms with Gasteiger partial charge in [0, 0.05) is 31.6 Å². The molecule has 150 valence electrons. The Bertz CT molecular complexity index is 727. The van der Waals surface area contributed by atoms with Gasteiger partial charge in [-0.25, -0.2) is 8.42 Å². The van der Waals surface area contributed by atoms with Crippen LogP contribution in [-0.2, 0) is 20.2 Å². The summed E-state index contributed by atoms with van der Waals surface area (Å²) in [5.41, 5.74) is 1.48. The average Bonchev–Trinajstić information content (AvgIpc) is 3.49. The van der Waals surface area contributed by atoms with Crippen molar-refractivity contribution in [1.29, 1.82) is 0 Å². The molecular formula is C19H30N4O3S. The number of morpholine rings is 1. The second kappa shape index (κ2) is 9.03. The first-order chi connectivity index (χ1) is 13.1. The molecule has 1 saturated heterocycles. The Morgan fingerprint density at radius 3 is 2.52 bits per heavy atom. The van der Waals surface area contributed by atoms with Crippen molar-refractivity contribution in [1.82, 2.24) is 14.9 Å². The van der Waals surface area contributed by atoms with E-state index in [2.05, 4.69) is 34.9 Å². The van der Waals surface area contributed by atoms with Gasteiger partial charge in [0.05, 0.1) is 25.5 Å². The lowest BCUT2D eigenvalue weighted by Crippen LogP contribution is -2.45. The largest absolute Gasteiger partial charge is 0.379 e. The monoisotopic (exact) mass is 394 g/mol. The molecule has 8 heteroatoms. The van der Waals surface area contributed by atoms with Crippen molar-refractivity contribution in [3.63, 3.8) is 0 Å². The van der Waals surface area contributed by atoms with E-state index in [1.54, 1.807) is 0 Å². The van der Waals surface area contributed by atoms with Gasteiger partial charge in [-0.05, 0) is 25.3 Å². The maximum absolute atomic E-state index is 12.4.